The monoisotopic (exact) mass is 275 g/mol. The predicted molar refractivity (Wildman–Crippen MR) is 76.4 cm³/mol. The molecule has 108 valence electrons. The Morgan fingerprint density at radius 1 is 1.25 bits per heavy atom. The number of carbonyl (C=O) groups is 2. The summed E-state index contributed by atoms with van der Waals surface area (Å²) in [4.78, 5) is 25.5. The third kappa shape index (κ3) is 3.00. The molecule has 1 amide bonds. The first-order chi connectivity index (χ1) is 9.50. The first-order valence-electron chi connectivity index (χ1n) is 7.09. The molecule has 1 aromatic carbocycles. The summed E-state index contributed by atoms with van der Waals surface area (Å²) in [5.74, 6) is -1.44. The first-order valence-corrected chi connectivity index (χ1v) is 7.09. The Labute approximate surface area is 119 Å². The van der Waals surface area contributed by atoms with Crippen molar-refractivity contribution in [2.24, 2.45) is 5.92 Å². The van der Waals surface area contributed by atoms with Crippen LogP contribution in [0.1, 0.15) is 38.2 Å². The molecule has 1 heterocycles. The van der Waals surface area contributed by atoms with E-state index in [2.05, 4.69) is 0 Å². The second-order valence-corrected chi connectivity index (χ2v) is 5.58. The lowest BCUT2D eigenvalue weighted by Crippen LogP contribution is -2.48. The molecule has 3 atom stereocenters. The highest BCUT2D eigenvalue weighted by molar-refractivity contribution is 5.84. The highest BCUT2D eigenvalue weighted by Crippen LogP contribution is 2.26. The van der Waals surface area contributed by atoms with Gasteiger partial charge in [-0.3, -0.25) is 9.59 Å². The van der Waals surface area contributed by atoms with E-state index in [9.17, 15) is 9.59 Å². The molecule has 1 saturated heterocycles. The van der Waals surface area contributed by atoms with Crippen LogP contribution in [0.5, 0.6) is 0 Å². The van der Waals surface area contributed by atoms with Gasteiger partial charge in [0.1, 0.15) is 0 Å². The predicted octanol–water partition coefficient (Wildman–Crippen LogP) is 2.50. The van der Waals surface area contributed by atoms with Gasteiger partial charge < -0.3 is 10.0 Å². The van der Waals surface area contributed by atoms with E-state index in [4.69, 9.17) is 5.11 Å². The maximum absolute atomic E-state index is 12.6. The van der Waals surface area contributed by atoms with Gasteiger partial charge in [0.15, 0.2) is 0 Å². The lowest BCUT2D eigenvalue weighted by Gasteiger charge is -2.38. The minimum atomic E-state index is -0.804. The third-order valence-electron chi connectivity index (χ3n) is 4.18. The molecule has 4 nitrogen and oxygen atoms in total. The van der Waals surface area contributed by atoms with Crippen LogP contribution in [-0.4, -0.2) is 34.5 Å². The summed E-state index contributed by atoms with van der Waals surface area (Å²) in [6.07, 6.45) is 1.41. The quantitative estimate of drug-likeness (QED) is 0.922. The Bertz CT molecular complexity index is 486. The number of hydrogen-bond donors (Lipinski definition) is 1. The third-order valence-corrected chi connectivity index (χ3v) is 4.18. The molecule has 0 bridgehead atoms. The molecule has 0 radical (unpaired) electrons. The number of carboxylic acid groups (broad SMARTS) is 1. The maximum atomic E-state index is 12.6. The second-order valence-electron chi connectivity index (χ2n) is 5.58. The van der Waals surface area contributed by atoms with Crippen molar-refractivity contribution in [3.05, 3.63) is 35.9 Å². The van der Waals surface area contributed by atoms with Crippen LogP contribution >= 0.6 is 0 Å². The molecule has 20 heavy (non-hydrogen) atoms. The van der Waals surface area contributed by atoms with Crippen molar-refractivity contribution in [2.45, 2.75) is 38.6 Å². The Kier molecular flexibility index (Phi) is 4.42. The minimum Gasteiger partial charge on any atom is -0.481 e. The minimum absolute atomic E-state index is 0.0228. The number of benzene rings is 1. The highest BCUT2D eigenvalue weighted by Gasteiger charge is 2.34. The summed E-state index contributed by atoms with van der Waals surface area (Å²) >= 11 is 0. The second kappa shape index (κ2) is 6.07. The zero-order valence-electron chi connectivity index (χ0n) is 12.0. The molecule has 0 aromatic heterocycles. The van der Waals surface area contributed by atoms with Crippen molar-refractivity contribution < 1.29 is 14.7 Å². The summed E-state index contributed by atoms with van der Waals surface area (Å²) < 4.78 is 0. The van der Waals surface area contributed by atoms with E-state index in [1.807, 2.05) is 44.2 Å². The fraction of sp³-hybridized carbons (Fsp3) is 0.500. The summed E-state index contributed by atoms with van der Waals surface area (Å²) in [6.45, 7) is 4.20. The molecule has 0 aliphatic carbocycles. The normalized spacial score (nSPS) is 24.2. The summed E-state index contributed by atoms with van der Waals surface area (Å²) in [5.41, 5.74) is 0.974. The van der Waals surface area contributed by atoms with Crippen molar-refractivity contribution in [2.75, 3.05) is 6.54 Å². The van der Waals surface area contributed by atoms with E-state index in [0.29, 0.717) is 13.0 Å². The van der Waals surface area contributed by atoms with Gasteiger partial charge in [0, 0.05) is 12.6 Å². The SMILES string of the molecule is CC1CCC(C(=O)O)CN1C(=O)[C@@H](C)c1ccccc1. The van der Waals surface area contributed by atoms with Crippen molar-refractivity contribution in [3.8, 4) is 0 Å². The van der Waals surface area contributed by atoms with Crippen LogP contribution in [0.25, 0.3) is 0 Å². The average Bonchev–Trinajstić information content (AvgIpc) is 2.47. The maximum Gasteiger partial charge on any atom is 0.308 e. The number of hydrogen-bond acceptors (Lipinski definition) is 2. The number of aliphatic carboxylic acids is 1. The summed E-state index contributed by atoms with van der Waals surface area (Å²) in [7, 11) is 0. The van der Waals surface area contributed by atoms with Crippen molar-refractivity contribution in [3.63, 3.8) is 0 Å². The highest BCUT2D eigenvalue weighted by atomic mass is 16.4. The lowest BCUT2D eigenvalue weighted by atomic mass is 9.91. The van der Waals surface area contributed by atoms with Crippen LogP contribution in [-0.2, 0) is 9.59 Å². The number of carboxylic acids is 1. The molecule has 0 spiro atoms. The van der Waals surface area contributed by atoms with Crippen LogP contribution in [0.3, 0.4) is 0 Å². The van der Waals surface area contributed by atoms with Crippen LogP contribution in [0, 0.1) is 5.92 Å². The van der Waals surface area contributed by atoms with Gasteiger partial charge in [-0.1, -0.05) is 30.3 Å². The van der Waals surface area contributed by atoms with Crippen molar-refractivity contribution in [1.82, 2.24) is 4.90 Å². The molecule has 1 aromatic rings. The Morgan fingerprint density at radius 2 is 1.90 bits per heavy atom. The van der Waals surface area contributed by atoms with E-state index in [-0.39, 0.29) is 17.9 Å². The zero-order chi connectivity index (χ0) is 14.7. The van der Waals surface area contributed by atoms with E-state index in [1.165, 1.54) is 0 Å². The Hall–Kier alpha value is -1.84. The molecular weight excluding hydrogens is 254 g/mol. The smallest absolute Gasteiger partial charge is 0.308 e. The standard InChI is InChI=1S/C16H21NO3/c1-11-8-9-14(16(19)20)10-17(11)15(18)12(2)13-6-4-3-5-7-13/h3-7,11-12,14H,8-10H2,1-2H3,(H,19,20)/t11?,12-,14?/m0/s1. The van der Waals surface area contributed by atoms with Gasteiger partial charge in [-0.15, -0.1) is 0 Å². The van der Waals surface area contributed by atoms with Crippen molar-refractivity contribution in [1.29, 1.82) is 0 Å². The van der Waals surface area contributed by atoms with Crippen molar-refractivity contribution >= 4 is 11.9 Å². The van der Waals surface area contributed by atoms with E-state index >= 15 is 0 Å². The first kappa shape index (κ1) is 14.6. The Balaban J connectivity index is 2.12. The van der Waals surface area contributed by atoms with E-state index in [0.717, 1.165) is 12.0 Å². The molecule has 1 fully saturated rings. The molecular formula is C16H21NO3. The number of carbonyl (C=O) groups excluding carboxylic acids is 1. The van der Waals surface area contributed by atoms with Crippen LogP contribution < -0.4 is 0 Å². The van der Waals surface area contributed by atoms with E-state index in [1.54, 1.807) is 4.90 Å². The average molecular weight is 275 g/mol. The molecule has 1 N–H and O–H groups in total. The zero-order valence-corrected chi connectivity index (χ0v) is 12.0. The van der Waals surface area contributed by atoms with Gasteiger partial charge in [-0.05, 0) is 32.3 Å². The summed E-state index contributed by atoms with van der Waals surface area (Å²) in [5, 5.41) is 9.14. The molecule has 0 saturated carbocycles. The van der Waals surface area contributed by atoms with Gasteiger partial charge in [0.2, 0.25) is 5.91 Å². The largest absolute Gasteiger partial charge is 0.481 e. The lowest BCUT2D eigenvalue weighted by molar-refractivity contribution is -0.147. The van der Waals surface area contributed by atoms with Gasteiger partial charge in [-0.2, -0.15) is 0 Å². The van der Waals surface area contributed by atoms with Gasteiger partial charge in [0.05, 0.1) is 11.8 Å². The fourth-order valence-electron chi connectivity index (χ4n) is 2.75. The van der Waals surface area contributed by atoms with Crippen LogP contribution in [0.2, 0.25) is 0 Å². The summed E-state index contributed by atoms with van der Waals surface area (Å²) in [6, 6.07) is 9.74. The molecule has 2 unspecified atom stereocenters. The van der Waals surface area contributed by atoms with Gasteiger partial charge in [0.25, 0.3) is 0 Å². The van der Waals surface area contributed by atoms with Gasteiger partial charge >= 0.3 is 5.97 Å². The molecule has 1 aliphatic heterocycles. The Morgan fingerprint density at radius 3 is 2.50 bits per heavy atom. The van der Waals surface area contributed by atoms with E-state index < -0.39 is 11.9 Å². The number of amides is 1. The number of likely N-dealkylation sites (tertiary alicyclic amines) is 1. The number of rotatable bonds is 3. The topological polar surface area (TPSA) is 57.6 Å². The fourth-order valence-corrected chi connectivity index (χ4v) is 2.75. The number of piperidine rings is 1. The number of nitrogens with zero attached hydrogens (tertiary/aromatic N) is 1. The molecule has 1 aliphatic rings. The molecule has 2 rings (SSSR count). The van der Waals surface area contributed by atoms with Crippen LogP contribution in [0.4, 0.5) is 0 Å². The van der Waals surface area contributed by atoms with Crippen LogP contribution in [0.15, 0.2) is 30.3 Å². The van der Waals surface area contributed by atoms with Gasteiger partial charge in [-0.25, -0.2) is 0 Å². The molecule has 4 heteroatoms.